The minimum atomic E-state index is 0.0424. The zero-order chi connectivity index (χ0) is 18.6. The summed E-state index contributed by atoms with van der Waals surface area (Å²) in [7, 11) is 0. The number of fused-ring (bicyclic) bond motifs is 1. The molecule has 1 N–H and O–H groups in total. The molecule has 4 heteroatoms. The van der Waals surface area contributed by atoms with E-state index in [-0.39, 0.29) is 5.91 Å². The van der Waals surface area contributed by atoms with Crippen molar-refractivity contribution in [1.82, 2.24) is 10.3 Å². The lowest BCUT2D eigenvalue weighted by Gasteiger charge is -2.05. The van der Waals surface area contributed by atoms with E-state index in [2.05, 4.69) is 22.4 Å². The molecule has 0 unspecified atom stereocenters. The Morgan fingerprint density at radius 1 is 1.00 bits per heavy atom. The van der Waals surface area contributed by atoms with Crippen LogP contribution in [-0.4, -0.2) is 10.9 Å². The van der Waals surface area contributed by atoms with Gasteiger partial charge in [0, 0.05) is 36.4 Å². The Bertz CT molecular complexity index is 1080. The average molecular weight is 356 g/mol. The number of carbonyl (C=O) groups is 1. The molecule has 2 aromatic carbocycles. The van der Waals surface area contributed by atoms with E-state index in [1.165, 1.54) is 0 Å². The maximum atomic E-state index is 11.5. The summed E-state index contributed by atoms with van der Waals surface area (Å²) in [5.41, 5.74) is 5.74. The first-order valence-corrected chi connectivity index (χ1v) is 9.04. The Hall–Kier alpha value is -3.40. The van der Waals surface area contributed by atoms with Crippen molar-refractivity contribution < 1.29 is 9.21 Å². The monoisotopic (exact) mass is 356 g/mol. The van der Waals surface area contributed by atoms with Gasteiger partial charge in [-0.25, -0.2) is 0 Å². The fourth-order valence-electron chi connectivity index (χ4n) is 3.09. The van der Waals surface area contributed by atoms with Crippen LogP contribution < -0.4 is 5.32 Å². The predicted octanol–water partition coefficient (Wildman–Crippen LogP) is 5.19. The van der Waals surface area contributed by atoms with Crippen LogP contribution in [0.3, 0.4) is 0 Å². The minimum Gasteiger partial charge on any atom is -0.454 e. The Morgan fingerprint density at radius 2 is 1.81 bits per heavy atom. The molecule has 27 heavy (non-hydrogen) atoms. The van der Waals surface area contributed by atoms with E-state index in [9.17, 15) is 4.79 Å². The van der Waals surface area contributed by atoms with Crippen LogP contribution in [0.5, 0.6) is 0 Å². The van der Waals surface area contributed by atoms with Gasteiger partial charge in [0.15, 0.2) is 5.58 Å². The van der Waals surface area contributed by atoms with E-state index in [1.807, 2.05) is 61.5 Å². The third-order valence-corrected chi connectivity index (χ3v) is 4.52. The summed E-state index contributed by atoms with van der Waals surface area (Å²) in [6.07, 6.45) is 2.29. The van der Waals surface area contributed by atoms with Crippen LogP contribution in [0.15, 0.2) is 77.3 Å². The van der Waals surface area contributed by atoms with E-state index < -0.39 is 0 Å². The van der Waals surface area contributed by atoms with Gasteiger partial charge in [-0.1, -0.05) is 55.5 Å². The van der Waals surface area contributed by atoms with Crippen molar-refractivity contribution in [2.45, 2.75) is 19.9 Å². The van der Waals surface area contributed by atoms with E-state index in [1.54, 1.807) is 6.20 Å². The second-order valence-electron chi connectivity index (χ2n) is 6.38. The van der Waals surface area contributed by atoms with Crippen LogP contribution in [0.2, 0.25) is 0 Å². The van der Waals surface area contributed by atoms with Crippen molar-refractivity contribution in [3.05, 3.63) is 78.5 Å². The van der Waals surface area contributed by atoms with Crippen LogP contribution in [0, 0.1) is 0 Å². The number of nitrogens with zero attached hydrogens (tertiary/aromatic N) is 1. The molecule has 0 aliphatic carbocycles. The molecule has 1 amide bonds. The van der Waals surface area contributed by atoms with Gasteiger partial charge in [-0.15, -0.1) is 0 Å². The van der Waals surface area contributed by atoms with E-state index >= 15 is 0 Å². The third-order valence-electron chi connectivity index (χ3n) is 4.52. The highest BCUT2D eigenvalue weighted by Crippen LogP contribution is 2.33. The van der Waals surface area contributed by atoms with Crippen LogP contribution in [0.4, 0.5) is 0 Å². The number of rotatable bonds is 5. The largest absolute Gasteiger partial charge is 0.454 e. The zero-order valence-electron chi connectivity index (χ0n) is 15.1. The molecule has 4 aromatic rings. The van der Waals surface area contributed by atoms with Gasteiger partial charge in [-0.3, -0.25) is 9.78 Å². The van der Waals surface area contributed by atoms with Gasteiger partial charge in [-0.2, -0.15) is 0 Å². The first kappa shape index (κ1) is 17.0. The van der Waals surface area contributed by atoms with Crippen LogP contribution >= 0.6 is 0 Å². The summed E-state index contributed by atoms with van der Waals surface area (Å²) >= 11 is 0. The number of hydrogen-bond donors (Lipinski definition) is 1. The molecule has 0 saturated heterocycles. The highest BCUT2D eigenvalue weighted by Gasteiger charge is 2.12. The fraction of sp³-hybridized carbons (Fsp3) is 0.130. The number of furan rings is 1. The quantitative estimate of drug-likeness (QED) is 0.535. The maximum Gasteiger partial charge on any atom is 0.219 e. The average Bonchev–Trinajstić information content (AvgIpc) is 3.17. The molecular weight excluding hydrogens is 336 g/mol. The molecule has 0 fully saturated rings. The number of hydrogen-bond acceptors (Lipinski definition) is 3. The number of aromatic nitrogens is 1. The summed E-state index contributed by atoms with van der Waals surface area (Å²) in [5, 5.41) is 2.90. The lowest BCUT2D eigenvalue weighted by molar-refractivity contribution is -0.120. The Kier molecular flexibility index (Phi) is 4.71. The Morgan fingerprint density at radius 3 is 2.63 bits per heavy atom. The van der Waals surface area contributed by atoms with E-state index in [0.717, 1.165) is 39.1 Å². The van der Waals surface area contributed by atoms with Gasteiger partial charge in [-0.05, 0) is 23.3 Å². The number of pyridine rings is 1. The smallest absolute Gasteiger partial charge is 0.219 e. The summed E-state index contributed by atoms with van der Waals surface area (Å²) in [5.74, 6) is 0.811. The number of nitrogens with one attached hydrogen (secondary N) is 1. The third kappa shape index (κ3) is 3.60. The van der Waals surface area contributed by atoms with Gasteiger partial charge < -0.3 is 9.73 Å². The predicted molar refractivity (Wildman–Crippen MR) is 107 cm³/mol. The summed E-state index contributed by atoms with van der Waals surface area (Å²) in [6, 6.07) is 22.1. The molecule has 0 radical (unpaired) electrons. The number of carbonyl (C=O) groups excluding carboxylic acids is 1. The van der Waals surface area contributed by atoms with E-state index in [4.69, 9.17) is 4.42 Å². The molecule has 2 aromatic heterocycles. The van der Waals surface area contributed by atoms with Gasteiger partial charge in [0.25, 0.3) is 0 Å². The first-order chi connectivity index (χ1) is 13.2. The van der Waals surface area contributed by atoms with Crippen molar-refractivity contribution in [3.8, 4) is 22.5 Å². The highest BCUT2D eigenvalue weighted by molar-refractivity contribution is 5.92. The molecule has 0 atom stereocenters. The summed E-state index contributed by atoms with van der Waals surface area (Å²) < 4.78 is 6.19. The fourth-order valence-corrected chi connectivity index (χ4v) is 3.09. The first-order valence-electron chi connectivity index (χ1n) is 9.04. The van der Waals surface area contributed by atoms with Crippen LogP contribution in [-0.2, 0) is 11.3 Å². The minimum absolute atomic E-state index is 0.0424. The van der Waals surface area contributed by atoms with Crippen LogP contribution in [0.25, 0.3) is 33.6 Å². The van der Waals surface area contributed by atoms with Crippen molar-refractivity contribution in [2.75, 3.05) is 0 Å². The second-order valence-corrected chi connectivity index (χ2v) is 6.38. The summed E-state index contributed by atoms with van der Waals surface area (Å²) in [6.45, 7) is 2.35. The van der Waals surface area contributed by atoms with Crippen LogP contribution in [0.1, 0.15) is 18.9 Å². The molecule has 2 heterocycles. The Labute approximate surface area is 157 Å². The number of amides is 1. The zero-order valence-corrected chi connectivity index (χ0v) is 15.1. The highest BCUT2D eigenvalue weighted by atomic mass is 16.3. The topological polar surface area (TPSA) is 55.1 Å². The molecule has 4 rings (SSSR count). The number of benzene rings is 2. The van der Waals surface area contributed by atoms with Gasteiger partial charge in [0.1, 0.15) is 11.3 Å². The van der Waals surface area contributed by atoms with Gasteiger partial charge in [0.2, 0.25) is 5.91 Å². The molecule has 0 spiro atoms. The standard InChI is InChI=1S/C23H20N2O2/c1-2-22(26)25-15-16-7-6-10-18(13-16)21-14-20-23(27-21)19(11-12-24-20)17-8-4-3-5-9-17/h3-14H,2,15H2,1H3,(H,25,26). The maximum absolute atomic E-state index is 11.5. The Balaban J connectivity index is 1.70. The second kappa shape index (κ2) is 7.46. The molecule has 0 bridgehead atoms. The van der Waals surface area contributed by atoms with Crippen molar-refractivity contribution in [1.29, 1.82) is 0 Å². The molecule has 0 aliphatic heterocycles. The van der Waals surface area contributed by atoms with Crippen molar-refractivity contribution in [3.63, 3.8) is 0 Å². The lowest BCUT2D eigenvalue weighted by Crippen LogP contribution is -2.21. The SMILES string of the molecule is CCC(=O)NCc1cccc(-c2cc3nccc(-c4ccccc4)c3o2)c1. The van der Waals surface area contributed by atoms with Crippen molar-refractivity contribution >= 4 is 17.0 Å². The molecule has 0 saturated carbocycles. The summed E-state index contributed by atoms with van der Waals surface area (Å²) in [4.78, 5) is 15.9. The van der Waals surface area contributed by atoms with Crippen molar-refractivity contribution in [2.24, 2.45) is 0 Å². The lowest BCUT2D eigenvalue weighted by atomic mass is 10.1. The molecule has 134 valence electrons. The normalized spacial score (nSPS) is 10.9. The molecule has 0 aliphatic rings. The molecule has 4 nitrogen and oxygen atoms in total. The van der Waals surface area contributed by atoms with Gasteiger partial charge >= 0.3 is 0 Å². The molecular formula is C23H20N2O2. The van der Waals surface area contributed by atoms with Gasteiger partial charge in [0.05, 0.1) is 0 Å². The van der Waals surface area contributed by atoms with E-state index in [0.29, 0.717) is 13.0 Å².